The van der Waals surface area contributed by atoms with Gasteiger partial charge in [0.25, 0.3) is 5.56 Å². The van der Waals surface area contributed by atoms with Crippen LogP contribution in [0.4, 0.5) is 0 Å². The molecule has 0 bridgehead atoms. The average Bonchev–Trinajstić information content (AvgIpc) is 2.37. The first kappa shape index (κ1) is 14.3. The maximum atomic E-state index is 11.7. The molecular weight excluding hydrogens is 252 g/mol. The second-order valence-electron chi connectivity index (χ2n) is 5.37. The van der Waals surface area contributed by atoms with Gasteiger partial charge in [-0.05, 0) is 26.0 Å². The SMILES string of the molecule is CC(C)Oc1cccc(-c2cc(=O)[nH]c(C(C)C)n2)c1. The van der Waals surface area contributed by atoms with Crippen LogP contribution >= 0.6 is 0 Å². The summed E-state index contributed by atoms with van der Waals surface area (Å²) in [7, 11) is 0. The van der Waals surface area contributed by atoms with E-state index in [0.717, 1.165) is 11.3 Å². The van der Waals surface area contributed by atoms with Gasteiger partial charge in [-0.25, -0.2) is 4.98 Å². The molecule has 1 N–H and O–H groups in total. The molecule has 0 aliphatic carbocycles. The van der Waals surface area contributed by atoms with Crippen LogP contribution < -0.4 is 10.3 Å². The van der Waals surface area contributed by atoms with E-state index in [9.17, 15) is 4.79 Å². The van der Waals surface area contributed by atoms with E-state index >= 15 is 0 Å². The Bertz CT molecular complexity index is 645. The number of nitrogens with zero attached hydrogens (tertiary/aromatic N) is 1. The zero-order valence-corrected chi connectivity index (χ0v) is 12.3. The molecule has 1 aromatic heterocycles. The molecular formula is C16H20N2O2. The zero-order valence-electron chi connectivity index (χ0n) is 12.3. The minimum atomic E-state index is -0.131. The number of rotatable bonds is 4. The van der Waals surface area contributed by atoms with Crippen molar-refractivity contribution in [1.29, 1.82) is 0 Å². The van der Waals surface area contributed by atoms with Gasteiger partial charge in [-0.3, -0.25) is 4.79 Å². The van der Waals surface area contributed by atoms with Crippen LogP contribution in [-0.2, 0) is 0 Å². The molecule has 2 rings (SSSR count). The van der Waals surface area contributed by atoms with Crippen molar-refractivity contribution in [2.45, 2.75) is 39.7 Å². The quantitative estimate of drug-likeness (QED) is 0.928. The summed E-state index contributed by atoms with van der Waals surface area (Å²) >= 11 is 0. The maximum absolute atomic E-state index is 11.7. The molecule has 0 radical (unpaired) electrons. The molecule has 0 atom stereocenters. The summed E-state index contributed by atoms with van der Waals surface area (Å²) < 4.78 is 5.67. The minimum absolute atomic E-state index is 0.114. The normalized spacial score (nSPS) is 11.1. The van der Waals surface area contributed by atoms with Crippen LogP contribution in [0.5, 0.6) is 5.75 Å². The highest BCUT2D eigenvalue weighted by Crippen LogP contribution is 2.23. The van der Waals surface area contributed by atoms with E-state index in [4.69, 9.17) is 4.74 Å². The third kappa shape index (κ3) is 3.47. The van der Waals surface area contributed by atoms with Crippen molar-refractivity contribution in [1.82, 2.24) is 9.97 Å². The highest BCUT2D eigenvalue weighted by molar-refractivity contribution is 5.60. The Labute approximate surface area is 118 Å². The van der Waals surface area contributed by atoms with Crippen LogP contribution in [-0.4, -0.2) is 16.1 Å². The first-order valence-electron chi connectivity index (χ1n) is 6.84. The predicted molar refractivity (Wildman–Crippen MR) is 80.1 cm³/mol. The van der Waals surface area contributed by atoms with Crippen LogP contribution in [0.1, 0.15) is 39.4 Å². The lowest BCUT2D eigenvalue weighted by atomic mass is 10.1. The fourth-order valence-corrected chi connectivity index (χ4v) is 1.90. The van der Waals surface area contributed by atoms with E-state index in [0.29, 0.717) is 11.5 Å². The Kier molecular flexibility index (Phi) is 4.23. The number of ether oxygens (including phenoxy) is 1. The molecule has 4 nitrogen and oxygen atoms in total. The lowest BCUT2D eigenvalue weighted by molar-refractivity contribution is 0.242. The Balaban J connectivity index is 2.43. The van der Waals surface area contributed by atoms with Crippen LogP contribution in [0.3, 0.4) is 0 Å². The largest absolute Gasteiger partial charge is 0.491 e. The van der Waals surface area contributed by atoms with Crippen molar-refractivity contribution in [3.8, 4) is 17.0 Å². The molecule has 0 saturated heterocycles. The first-order chi connectivity index (χ1) is 9.45. The van der Waals surface area contributed by atoms with Crippen molar-refractivity contribution in [3.05, 3.63) is 46.5 Å². The lowest BCUT2D eigenvalue weighted by Crippen LogP contribution is -2.12. The number of H-pyrrole nitrogens is 1. The van der Waals surface area contributed by atoms with Crippen molar-refractivity contribution >= 4 is 0 Å². The molecule has 0 saturated carbocycles. The standard InChI is InChI=1S/C16H20N2O2/c1-10(2)16-17-14(9-15(19)18-16)12-6-5-7-13(8-12)20-11(3)4/h5-11H,1-4H3,(H,17,18,19). The molecule has 4 heteroatoms. The molecule has 0 unspecified atom stereocenters. The number of nitrogens with one attached hydrogen (secondary N) is 1. The second-order valence-corrected chi connectivity index (χ2v) is 5.37. The van der Waals surface area contributed by atoms with E-state index in [2.05, 4.69) is 9.97 Å². The molecule has 20 heavy (non-hydrogen) atoms. The predicted octanol–water partition coefficient (Wildman–Crippen LogP) is 3.35. The molecule has 1 aromatic carbocycles. The molecule has 0 amide bonds. The van der Waals surface area contributed by atoms with Crippen LogP contribution in [0.25, 0.3) is 11.3 Å². The molecule has 106 valence electrons. The summed E-state index contributed by atoms with van der Waals surface area (Å²) in [5.41, 5.74) is 1.43. The molecule has 2 aromatic rings. The van der Waals surface area contributed by atoms with Gasteiger partial charge >= 0.3 is 0 Å². The van der Waals surface area contributed by atoms with Gasteiger partial charge in [0.15, 0.2) is 0 Å². The van der Waals surface area contributed by atoms with E-state index in [-0.39, 0.29) is 17.6 Å². The van der Waals surface area contributed by atoms with Gasteiger partial charge in [-0.2, -0.15) is 0 Å². The summed E-state index contributed by atoms with van der Waals surface area (Å²) in [5, 5.41) is 0. The van der Waals surface area contributed by atoms with Gasteiger partial charge in [0.1, 0.15) is 11.6 Å². The average molecular weight is 272 g/mol. The first-order valence-corrected chi connectivity index (χ1v) is 6.84. The van der Waals surface area contributed by atoms with E-state index in [1.165, 1.54) is 6.07 Å². The maximum Gasteiger partial charge on any atom is 0.251 e. The summed E-state index contributed by atoms with van der Waals surface area (Å²) in [6, 6.07) is 9.16. The van der Waals surface area contributed by atoms with Gasteiger partial charge in [0.05, 0.1) is 11.8 Å². The summed E-state index contributed by atoms with van der Waals surface area (Å²) in [6.07, 6.45) is 0.114. The highest BCUT2D eigenvalue weighted by atomic mass is 16.5. The number of hydrogen-bond acceptors (Lipinski definition) is 3. The Morgan fingerprint density at radius 2 is 1.90 bits per heavy atom. The lowest BCUT2D eigenvalue weighted by Gasteiger charge is -2.11. The van der Waals surface area contributed by atoms with Crippen molar-refractivity contribution in [3.63, 3.8) is 0 Å². The van der Waals surface area contributed by atoms with Gasteiger partial charge in [0.2, 0.25) is 0 Å². The van der Waals surface area contributed by atoms with E-state index in [1.54, 1.807) is 0 Å². The van der Waals surface area contributed by atoms with Crippen LogP contribution in [0, 0.1) is 0 Å². The number of hydrogen-bond donors (Lipinski definition) is 1. The number of aromatic amines is 1. The van der Waals surface area contributed by atoms with Crippen molar-refractivity contribution in [2.24, 2.45) is 0 Å². The van der Waals surface area contributed by atoms with Crippen molar-refractivity contribution in [2.75, 3.05) is 0 Å². The summed E-state index contributed by atoms with van der Waals surface area (Å²) in [5.74, 6) is 1.66. The topological polar surface area (TPSA) is 55.0 Å². The van der Waals surface area contributed by atoms with Crippen LogP contribution in [0.15, 0.2) is 35.1 Å². The highest BCUT2D eigenvalue weighted by Gasteiger charge is 2.08. The van der Waals surface area contributed by atoms with Gasteiger partial charge < -0.3 is 9.72 Å². The fraction of sp³-hybridized carbons (Fsp3) is 0.375. The Morgan fingerprint density at radius 3 is 2.55 bits per heavy atom. The Morgan fingerprint density at radius 1 is 1.15 bits per heavy atom. The third-order valence-corrected chi connectivity index (χ3v) is 2.81. The van der Waals surface area contributed by atoms with E-state index in [1.807, 2.05) is 52.0 Å². The second kappa shape index (κ2) is 5.90. The monoisotopic (exact) mass is 272 g/mol. The molecule has 0 aliphatic heterocycles. The fourth-order valence-electron chi connectivity index (χ4n) is 1.90. The Hall–Kier alpha value is -2.10. The summed E-state index contributed by atoms with van der Waals surface area (Å²) in [6.45, 7) is 7.96. The number of benzene rings is 1. The van der Waals surface area contributed by atoms with Gasteiger partial charge in [-0.1, -0.05) is 26.0 Å². The van der Waals surface area contributed by atoms with E-state index < -0.39 is 0 Å². The third-order valence-electron chi connectivity index (χ3n) is 2.81. The van der Waals surface area contributed by atoms with Gasteiger partial charge in [0, 0.05) is 17.5 Å². The smallest absolute Gasteiger partial charge is 0.251 e. The molecule has 0 fully saturated rings. The van der Waals surface area contributed by atoms with Crippen molar-refractivity contribution < 1.29 is 4.74 Å². The summed E-state index contributed by atoms with van der Waals surface area (Å²) in [4.78, 5) is 19.0. The minimum Gasteiger partial charge on any atom is -0.491 e. The zero-order chi connectivity index (χ0) is 14.7. The van der Waals surface area contributed by atoms with Crippen LogP contribution in [0.2, 0.25) is 0 Å². The molecule has 0 aliphatic rings. The van der Waals surface area contributed by atoms with Gasteiger partial charge in [-0.15, -0.1) is 0 Å². The molecule has 1 heterocycles. The molecule has 0 spiro atoms. The number of aromatic nitrogens is 2.